The van der Waals surface area contributed by atoms with Crippen LogP contribution in [-0.4, -0.2) is 0 Å². The van der Waals surface area contributed by atoms with Crippen molar-refractivity contribution in [1.29, 1.82) is 0 Å². The van der Waals surface area contributed by atoms with Gasteiger partial charge in [0.15, 0.2) is 0 Å². The minimum atomic E-state index is 0.774. The van der Waals surface area contributed by atoms with Gasteiger partial charge in [0.05, 0.1) is 0 Å². The molecule has 3 aromatic rings. The molecule has 0 saturated heterocycles. The molecule has 3 rings (SSSR count). The summed E-state index contributed by atoms with van der Waals surface area (Å²) >= 11 is 0. The van der Waals surface area contributed by atoms with Gasteiger partial charge in [-0.1, -0.05) is 35.9 Å². The van der Waals surface area contributed by atoms with Crippen molar-refractivity contribution in [2.24, 2.45) is 0 Å². The summed E-state index contributed by atoms with van der Waals surface area (Å²) in [5.74, 6) is 0. The van der Waals surface area contributed by atoms with E-state index < -0.39 is 0 Å². The van der Waals surface area contributed by atoms with Crippen LogP contribution in [0.4, 0.5) is 22.7 Å². The fourth-order valence-electron chi connectivity index (χ4n) is 2.34. The Morgan fingerprint density at radius 1 is 0.619 bits per heavy atom. The summed E-state index contributed by atoms with van der Waals surface area (Å²) in [7, 11) is 0. The molecule has 0 saturated carbocycles. The fraction of sp³-hybridized carbons (Fsp3) is 0.0526. The SMILES string of the molecule is Cc1ccc(N(c2ccccc2)c2ccc(N)cc2)cc1. The van der Waals surface area contributed by atoms with Crippen LogP contribution in [0.5, 0.6) is 0 Å². The summed E-state index contributed by atoms with van der Waals surface area (Å²) in [4.78, 5) is 2.22. The van der Waals surface area contributed by atoms with E-state index in [2.05, 4.69) is 48.2 Å². The molecule has 0 aromatic heterocycles. The van der Waals surface area contributed by atoms with Crippen LogP contribution in [0.3, 0.4) is 0 Å². The number of anilines is 4. The van der Waals surface area contributed by atoms with E-state index in [1.165, 1.54) is 5.56 Å². The van der Waals surface area contributed by atoms with E-state index >= 15 is 0 Å². The van der Waals surface area contributed by atoms with Gasteiger partial charge in [0.2, 0.25) is 0 Å². The van der Waals surface area contributed by atoms with Crippen molar-refractivity contribution in [2.75, 3.05) is 10.6 Å². The van der Waals surface area contributed by atoms with E-state index in [0.717, 1.165) is 22.7 Å². The molecule has 2 nitrogen and oxygen atoms in total. The average molecular weight is 274 g/mol. The molecule has 0 bridgehead atoms. The van der Waals surface area contributed by atoms with Crippen LogP contribution in [0.1, 0.15) is 5.56 Å². The van der Waals surface area contributed by atoms with Crippen LogP contribution >= 0.6 is 0 Å². The molecule has 0 spiro atoms. The molecule has 2 N–H and O–H groups in total. The molecule has 0 aliphatic carbocycles. The molecule has 0 aliphatic heterocycles. The first-order valence-electron chi connectivity index (χ1n) is 7.01. The Morgan fingerprint density at radius 2 is 1.10 bits per heavy atom. The summed E-state index contributed by atoms with van der Waals surface area (Å²) in [6.45, 7) is 2.10. The van der Waals surface area contributed by atoms with Gasteiger partial charge < -0.3 is 10.6 Å². The molecule has 0 amide bonds. The minimum absolute atomic E-state index is 0.774. The van der Waals surface area contributed by atoms with Gasteiger partial charge in [-0.05, 0) is 55.5 Å². The van der Waals surface area contributed by atoms with Crippen molar-refractivity contribution in [2.45, 2.75) is 6.92 Å². The lowest BCUT2D eigenvalue weighted by atomic mass is 10.1. The number of rotatable bonds is 3. The van der Waals surface area contributed by atoms with Crippen molar-refractivity contribution < 1.29 is 0 Å². The van der Waals surface area contributed by atoms with Crippen LogP contribution < -0.4 is 10.6 Å². The maximum Gasteiger partial charge on any atom is 0.0463 e. The standard InChI is InChI=1S/C19H18N2/c1-15-7-11-18(12-8-15)21(17-5-3-2-4-6-17)19-13-9-16(20)10-14-19/h2-14H,20H2,1H3. The molecule has 0 heterocycles. The van der Waals surface area contributed by atoms with Crippen molar-refractivity contribution in [3.05, 3.63) is 84.4 Å². The van der Waals surface area contributed by atoms with Crippen molar-refractivity contribution in [3.63, 3.8) is 0 Å². The van der Waals surface area contributed by atoms with Gasteiger partial charge in [-0.15, -0.1) is 0 Å². The third kappa shape index (κ3) is 2.90. The summed E-state index contributed by atoms with van der Waals surface area (Å²) < 4.78 is 0. The Balaban J connectivity index is 2.11. The Labute approximate surface area is 125 Å². The maximum absolute atomic E-state index is 5.81. The first-order valence-corrected chi connectivity index (χ1v) is 7.01. The van der Waals surface area contributed by atoms with E-state index in [1.54, 1.807) is 0 Å². The highest BCUT2D eigenvalue weighted by atomic mass is 15.1. The maximum atomic E-state index is 5.81. The lowest BCUT2D eigenvalue weighted by Gasteiger charge is -2.25. The zero-order valence-electron chi connectivity index (χ0n) is 12.0. The average Bonchev–Trinajstić information content (AvgIpc) is 2.52. The number of nitrogens with zero attached hydrogens (tertiary/aromatic N) is 1. The number of benzene rings is 3. The van der Waals surface area contributed by atoms with E-state index in [-0.39, 0.29) is 0 Å². The highest BCUT2D eigenvalue weighted by molar-refractivity contribution is 5.77. The molecule has 3 aromatic carbocycles. The van der Waals surface area contributed by atoms with Crippen LogP contribution in [0.15, 0.2) is 78.9 Å². The van der Waals surface area contributed by atoms with Gasteiger partial charge in [0.25, 0.3) is 0 Å². The number of hydrogen-bond acceptors (Lipinski definition) is 2. The zero-order valence-corrected chi connectivity index (χ0v) is 12.0. The quantitative estimate of drug-likeness (QED) is 0.677. The molecule has 104 valence electrons. The first-order chi connectivity index (χ1) is 10.2. The molecule has 21 heavy (non-hydrogen) atoms. The minimum Gasteiger partial charge on any atom is -0.399 e. The second kappa shape index (κ2) is 5.71. The molecule has 2 heteroatoms. The largest absolute Gasteiger partial charge is 0.399 e. The predicted octanol–water partition coefficient (Wildman–Crippen LogP) is 5.05. The third-order valence-corrected chi connectivity index (χ3v) is 3.46. The number of para-hydroxylation sites is 1. The number of aryl methyl sites for hydroxylation is 1. The second-order valence-corrected chi connectivity index (χ2v) is 5.10. The predicted molar refractivity (Wildman–Crippen MR) is 90.3 cm³/mol. The first kappa shape index (κ1) is 13.3. The molecule has 0 aliphatic rings. The van der Waals surface area contributed by atoms with Gasteiger partial charge in [-0.3, -0.25) is 0 Å². The summed E-state index contributed by atoms with van der Waals surface area (Å²) in [6, 6.07) is 26.8. The van der Waals surface area contributed by atoms with E-state index in [1.807, 2.05) is 42.5 Å². The van der Waals surface area contributed by atoms with Crippen molar-refractivity contribution >= 4 is 22.7 Å². The summed E-state index contributed by atoms with van der Waals surface area (Å²) in [5, 5.41) is 0. The Kier molecular flexibility index (Phi) is 3.61. The third-order valence-electron chi connectivity index (χ3n) is 3.46. The monoisotopic (exact) mass is 274 g/mol. The normalized spacial score (nSPS) is 10.3. The van der Waals surface area contributed by atoms with Gasteiger partial charge in [-0.25, -0.2) is 0 Å². The molecule has 0 unspecified atom stereocenters. The van der Waals surface area contributed by atoms with Gasteiger partial charge >= 0.3 is 0 Å². The molecule has 0 fully saturated rings. The second-order valence-electron chi connectivity index (χ2n) is 5.10. The highest BCUT2D eigenvalue weighted by Crippen LogP contribution is 2.34. The Hall–Kier alpha value is -2.74. The van der Waals surface area contributed by atoms with Crippen LogP contribution in [0.25, 0.3) is 0 Å². The fourth-order valence-corrected chi connectivity index (χ4v) is 2.34. The Morgan fingerprint density at radius 3 is 1.67 bits per heavy atom. The van der Waals surface area contributed by atoms with Crippen LogP contribution in [-0.2, 0) is 0 Å². The van der Waals surface area contributed by atoms with Gasteiger partial charge in [0.1, 0.15) is 0 Å². The van der Waals surface area contributed by atoms with Crippen molar-refractivity contribution in [1.82, 2.24) is 0 Å². The van der Waals surface area contributed by atoms with Crippen molar-refractivity contribution in [3.8, 4) is 0 Å². The lowest BCUT2D eigenvalue weighted by Crippen LogP contribution is -2.09. The summed E-state index contributed by atoms with van der Waals surface area (Å²) in [6.07, 6.45) is 0. The smallest absolute Gasteiger partial charge is 0.0463 e. The molecular formula is C19H18N2. The topological polar surface area (TPSA) is 29.3 Å². The number of nitrogen functional groups attached to an aromatic ring is 1. The molecule has 0 radical (unpaired) electrons. The number of hydrogen-bond donors (Lipinski definition) is 1. The van der Waals surface area contributed by atoms with Gasteiger partial charge in [0, 0.05) is 22.7 Å². The van der Waals surface area contributed by atoms with E-state index in [4.69, 9.17) is 5.73 Å². The molecular weight excluding hydrogens is 256 g/mol. The van der Waals surface area contributed by atoms with E-state index in [9.17, 15) is 0 Å². The van der Waals surface area contributed by atoms with E-state index in [0.29, 0.717) is 0 Å². The molecule has 0 atom stereocenters. The van der Waals surface area contributed by atoms with Gasteiger partial charge in [-0.2, -0.15) is 0 Å². The lowest BCUT2D eigenvalue weighted by molar-refractivity contribution is 1.28. The van der Waals surface area contributed by atoms with Crippen LogP contribution in [0.2, 0.25) is 0 Å². The van der Waals surface area contributed by atoms with Crippen LogP contribution in [0, 0.1) is 6.92 Å². The number of nitrogens with two attached hydrogens (primary N) is 1. The Bertz CT molecular complexity index is 655. The summed E-state index contributed by atoms with van der Waals surface area (Å²) in [5.41, 5.74) is 11.2. The zero-order chi connectivity index (χ0) is 14.7. The highest BCUT2D eigenvalue weighted by Gasteiger charge is 2.11.